The van der Waals surface area contributed by atoms with Crippen molar-refractivity contribution in [3.8, 4) is 11.5 Å². The summed E-state index contributed by atoms with van der Waals surface area (Å²) < 4.78 is 13.3. The molecule has 0 spiro atoms. The monoisotopic (exact) mass is 392 g/mol. The van der Waals surface area contributed by atoms with Crippen molar-refractivity contribution in [1.82, 2.24) is 19.5 Å². The Morgan fingerprint density at radius 1 is 1.24 bits per heavy atom. The maximum atomic E-state index is 13.4. The lowest BCUT2D eigenvalue weighted by Gasteiger charge is -2.37. The number of benzene rings is 1. The van der Waals surface area contributed by atoms with Crippen LogP contribution in [0.25, 0.3) is 5.65 Å². The Kier molecular flexibility index (Phi) is 4.19. The van der Waals surface area contributed by atoms with E-state index in [4.69, 9.17) is 9.47 Å². The molecule has 5 rings (SSSR count). The average Bonchev–Trinajstić information content (AvgIpc) is 3.26. The number of hydrogen-bond acceptors (Lipinski definition) is 5. The van der Waals surface area contributed by atoms with Crippen molar-refractivity contribution >= 4 is 11.6 Å². The minimum Gasteiger partial charge on any atom is -0.493 e. The molecule has 1 saturated heterocycles. The quantitative estimate of drug-likeness (QED) is 0.682. The van der Waals surface area contributed by atoms with E-state index in [1.807, 2.05) is 59.8 Å². The van der Waals surface area contributed by atoms with Crippen molar-refractivity contribution in [3.63, 3.8) is 0 Å². The summed E-state index contributed by atoms with van der Waals surface area (Å²) in [5.74, 6) is 1.21. The third-order valence-corrected chi connectivity index (χ3v) is 6.00. The lowest BCUT2D eigenvalue weighted by Crippen LogP contribution is -2.47. The molecule has 3 aromatic rings. The number of aromatic nitrogens is 3. The van der Waals surface area contributed by atoms with E-state index in [1.165, 1.54) is 5.69 Å². The SMILES string of the molecule is COc1ccccc1OC(C)C(=O)N1C2CCC1c1cnc3cc(C)nn3c1C2. The first-order valence-electron chi connectivity index (χ1n) is 10.0. The van der Waals surface area contributed by atoms with Gasteiger partial charge in [0.2, 0.25) is 0 Å². The maximum Gasteiger partial charge on any atom is 0.264 e. The van der Waals surface area contributed by atoms with Crippen molar-refractivity contribution in [2.24, 2.45) is 0 Å². The Balaban J connectivity index is 1.43. The van der Waals surface area contributed by atoms with E-state index in [2.05, 4.69) is 10.1 Å². The normalized spacial score (nSPS) is 21.1. The average molecular weight is 392 g/mol. The number of fused-ring (bicyclic) bond motifs is 6. The van der Waals surface area contributed by atoms with Crippen LogP contribution >= 0.6 is 0 Å². The fourth-order valence-electron chi connectivity index (χ4n) is 4.70. The molecule has 2 aliphatic rings. The van der Waals surface area contributed by atoms with Crippen LogP contribution < -0.4 is 9.47 Å². The second kappa shape index (κ2) is 6.76. The van der Waals surface area contributed by atoms with Crippen LogP contribution in [0.3, 0.4) is 0 Å². The van der Waals surface area contributed by atoms with Crippen molar-refractivity contribution in [1.29, 1.82) is 0 Å². The Morgan fingerprint density at radius 3 is 2.83 bits per heavy atom. The van der Waals surface area contributed by atoms with Gasteiger partial charge in [-0.3, -0.25) is 4.79 Å². The first-order chi connectivity index (χ1) is 14.1. The summed E-state index contributed by atoms with van der Waals surface area (Å²) in [6.45, 7) is 3.78. The third kappa shape index (κ3) is 2.84. The number of hydrogen-bond donors (Lipinski definition) is 0. The van der Waals surface area contributed by atoms with Gasteiger partial charge in [0.1, 0.15) is 0 Å². The molecule has 2 aliphatic heterocycles. The second-order valence-electron chi connectivity index (χ2n) is 7.82. The number of nitrogens with zero attached hydrogens (tertiary/aromatic N) is 4. The third-order valence-electron chi connectivity index (χ3n) is 6.00. The summed E-state index contributed by atoms with van der Waals surface area (Å²) in [5.41, 5.74) is 4.11. The highest BCUT2D eigenvalue weighted by Gasteiger charge is 2.45. The van der Waals surface area contributed by atoms with Crippen LogP contribution in [0, 0.1) is 6.92 Å². The Morgan fingerprint density at radius 2 is 2.03 bits per heavy atom. The molecule has 1 fully saturated rings. The fourth-order valence-corrected chi connectivity index (χ4v) is 4.70. The van der Waals surface area contributed by atoms with Crippen LogP contribution in [-0.4, -0.2) is 44.7 Å². The molecule has 7 heteroatoms. The van der Waals surface area contributed by atoms with Gasteiger partial charge in [0.25, 0.3) is 5.91 Å². The molecular formula is C22H24N4O3. The molecule has 0 aliphatic carbocycles. The van der Waals surface area contributed by atoms with Gasteiger partial charge < -0.3 is 14.4 Å². The molecule has 0 radical (unpaired) electrons. The van der Waals surface area contributed by atoms with Crippen LogP contribution in [0.4, 0.5) is 0 Å². The standard InChI is InChI=1S/C22H24N4O3/c1-13-10-21-23-12-16-17-9-8-15(11-18(16)26(21)24-13)25(17)22(27)14(2)29-20-7-5-4-6-19(20)28-3/h4-7,10,12,14-15,17H,8-9,11H2,1-3H3. The van der Waals surface area contributed by atoms with Crippen LogP contribution in [0.5, 0.6) is 11.5 Å². The van der Waals surface area contributed by atoms with Crippen LogP contribution in [0.15, 0.2) is 36.5 Å². The number of methoxy groups -OCH3 is 1. The Hall–Kier alpha value is -3.09. The smallest absolute Gasteiger partial charge is 0.264 e. The molecule has 0 saturated carbocycles. The largest absolute Gasteiger partial charge is 0.493 e. The minimum atomic E-state index is -0.598. The molecule has 1 aromatic carbocycles. The summed E-state index contributed by atoms with van der Waals surface area (Å²) >= 11 is 0. The first kappa shape index (κ1) is 18.0. The summed E-state index contributed by atoms with van der Waals surface area (Å²) in [6, 6.07) is 9.59. The van der Waals surface area contributed by atoms with Crippen molar-refractivity contribution in [3.05, 3.63) is 53.5 Å². The summed E-state index contributed by atoms with van der Waals surface area (Å²) in [6.07, 6.45) is 4.04. The molecule has 2 aromatic heterocycles. The number of carbonyl (C=O) groups is 1. The van der Waals surface area contributed by atoms with E-state index in [0.717, 1.165) is 36.2 Å². The highest BCUT2D eigenvalue weighted by molar-refractivity contribution is 5.82. The van der Waals surface area contributed by atoms with E-state index in [0.29, 0.717) is 11.5 Å². The molecule has 3 unspecified atom stereocenters. The number of aryl methyl sites for hydroxylation is 1. The molecule has 0 N–H and O–H groups in total. The molecule has 150 valence electrons. The van der Waals surface area contributed by atoms with Crippen molar-refractivity contribution in [2.45, 2.75) is 51.3 Å². The number of amides is 1. The van der Waals surface area contributed by atoms with Gasteiger partial charge in [0, 0.05) is 30.3 Å². The predicted octanol–water partition coefficient (Wildman–Crippen LogP) is 3.10. The highest BCUT2D eigenvalue weighted by atomic mass is 16.5. The molecule has 4 heterocycles. The van der Waals surface area contributed by atoms with E-state index >= 15 is 0 Å². The number of para-hydroxylation sites is 2. The zero-order valence-corrected chi connectivity index (χ0v) is 16.8. The van der Waals surface area contributed by atoms with Crippen LogP contribution in [0.2, 0.25) is 0 Å². The van der Waals surface area contributed by atoms with Crippen molar-refractivity contribution in [2.75, 3.05) is 7.11 Å². The maximum absolute atomic E-state index is 13.4. The highest BCUT2D eigenvalue weighted by Crippen LogP contribution is 2.44. The minimum absolute atomic E-state index is 0.00537. The second-order valence-corrected chi connectivity index (χ2v) is 7.82. The molecular weight excluding hydrogens is 368 g/mol. The van der Waals surface area contributed by atoms with E-state index in [-0.39, 0.29) is 18.0 Å². The molecule has 1 amide bonds. The van der Waals surface area contributed by atoms with Gasteiger partial charge in [-0.2, -0.15) is 5.10 Å². The lowest BCUT2D eigenvalue weighted by molar-refractivity contribution is -0.141. The summed E-state index contributed by atoms with van der Waals surface area (Å²) in [5, 5.41) is 4.62. The van der Waals surface area contributed by atoms with E-state index in [9.17, 15) is 4.79 Å². The molecule has 3 atom stereocenters. The molecule has 29 heavy (non-hydrogen) atoms. The first-order valence-corrected chi connectivity index (χ1v) is 10.0. The molecule has 2 bridgehead atoms. The van der Waals surface area contributed by atoms with E-state index < -0.39 is 6.10 Å². The van der Waals surface area contributed by atoms with Gasteiger partial charge >= 0.3 is 0 Å². The van der Waals surface area contributed by atoms with Gasteiger partial charge in [-0.05, 0) is 38.8 Å². The Labute approximate surface area is 169 Å². The van der Waals surface area contributed by atoms with Crippen LogP contribution in [-0.2, 0) is 11.2 Å². The fraction of sp³-hybridized carbons (Fsp3) is 0.409. The Bertz CT molecular complexity index is 1090. The van der Waals surface area contributed by atoms with E-state index in [1.54, 1.807) is 7.11 Å². The van der Waals surface area contributed by atoms with Crippen molar-refractivity contribution < 1.29 is 14.3 Å². The zero-order valence-electron chi connectivity index (χ0n) is 16.8. The number of rotatable bonds is 4. The van der Waals surface area contributed by atoms with Gasteiger partial charge in [-0.25, -0.2) is 9.50 Å². The summed E-state index contributed by atoms with van der Waals surface area (Å²) in [7, 11) is 1.60. The van der Waals surface area contributed by atoms with Crippen LogP contribution in [0.1, 0.15) is 42.8 Å². The predicted molar refractivity (Wildman–Crippen MR) is 107 cm³/mol. The summed E-state index contributed by atoms with van der Waals surface area (Å²) in [4.78, 5) is 19.9. The number of ether oxygens (including phenoxy) is 2. The van der Waals surface area contributed by atoms with Gasteiger partial charge in [-0.15, -0.1) is 0 Å². The lowest BCUT2D eigenvalue weighted by atomic mass is 9.98. The molecule has 7 nitrogen and oxygen atoms in total. The zero-order chi connectivity index (χ0) is 20.1. The van der Waals surface area contributed by atoms with Gasteiger partial charge in [0.05, 0.1) is 24.5 Å². The topological polar surface area (TPSA) is 69.0 Å². The number of carbonyl (C=O) groups excluding carboxylic acids is 1. The van der Waals surface area contributed by atoms with Gasteiger partial charge in [0.15, 0.2) is 23.3 Å². The van der Waals surface area contributed by atoms with Gasteiger partial charge in [-0.1, -0.05) is 12.1 Å².